The summed E-state index contributed by atoms with van der Waals surface area (Å²) in [7, 11) is 0. The number of aliphatic hydroxyl groups excluding tert-OH is 3. The molecule has 7 N–H and O–H groups in total. The van der Waals surface area contributed by atoms with E-state index in [9.17, 15) is 15.3 Å². The standard InChI is InChI=1S/C19H23ClN4O3/c1-10-2-4-11(5-3-10)6-7-13-17(20)23-19(21)24-18(13)22-14-8-12(9-25)15(26)16(14)27/h2-7,12,14-16,25-27H,8-9H2,1H3,(H3,21,22,23,24)/p+1. The molecule has 1 aliphatic rings. The smallest absolute Gasteiger partial charge is 0.343 e. The average Bonchev–Trinajstić information content (AvgIpc) is 2.90. The molecule has 1 heterocycles. The van der Waals surface area contributed by atoms with Crippen LogP contribution in [0.15, 0.2) is 24.3 Å². The summed E-state index contributed by atoms with van der Waals surface area (Å²) in [6.45, 7) is 1.83. The summed E-state index contributed by atoms with van der Waals surface area (Å²) in [6.07, 6.45) is 2.10. The molecule has 1 aromatic heterocycles. The number of H-pyrrole nitrogens is 1. The summed E-state index contributed by atoms with van der Waals surface area (Å²) in [5.74, 6) is 0.228. The molecule has 0 radical (unpaired) electrons. The number of rotatable bonds is 5. The van der Waals surface area contributed by atoms with Crippen molar-refractivity contribution in [2.75, 3.05) is 17.7 Å². The minimum absolute atomic E-state index is 0.127. The number of aromatic amines is 1. The first kappa shape index (κ1) is 19.6. The third kappa shape index (κ3) is 4.39. The molecular weight excluding hydrogens is 368 g/mol. The van der Waals surface area contributed by atoms with Gasteiger partial charge in [0.05, 0.1) is 17.7 Å². The van der Waals surface area contributed by atoms with Gasteiger partial charge < -0.3 is 26.4 Å². The molecule has 1 fully saturated rings. The molecular formula is C19H24ClN4O3+. The summed E-state index contributed by atoms with van der Waals surface area (Å²) in [5, 5.41) is 33.0. The van der Waals surface area contributed by atoms with Crippen LogP contribution in [0.3, 0.4) is 0 Å². The lowest BCUT2D eigenvalue weighted by Crippen LogP contribution is -2.37. The largest absolute Gasteiger partial charge is 0.396 e. The molecule has 4 unspecified atom stereocenters. The predicted molar refractivity (Wildman–Crippen MR) is 105 cm³/mol. The number of nitrogen functional groups attached to an aromatic ring is 1. The van der Waals surface area contributed by atoms with E-state index in [1.807, 2.05) is 37.3 Å². The van der Waals surface area contributed by atoms with Crippen LogP contribution in [0.4, 0.5) is 11.8 Å². The predicted octanol–water partition coefficient (Wildman–Crippen LogP) is 1.12. The van der Waals surface area contributed by atoms with Crippen molar-refractivity contribution in [1.29, 1.82) is 0 Å². The van der Waals surface area contributed by atoms with E-state index in [4.69, 9.17) is 17.3 Å². The van der Waals surface area contributed by atoms with E-state index < -0.39 is 24.2 Å². The Balaban J connectivity index is 1.88. The number of hydrogen-bond donors (Lipinski definition) is 5. The van der Waals surface area contributed by atoms with E-state index >= 15 is 0 Å². The number of aryl methyl sites for hydroxylation is 1. The molecule has 1 saturated carbocycles. The Morgan fingerprint density at radius 3 is 2.59 bits per heavy atom. The maximum atomic E-state index is 10.2. The number of halogens is 1. The first-order chi connectivity index (χ1) is 12.9. The molecule has 1 aromatic carbocycles. The van der Waals surface area contributed by atoms with Crippen molar-refractivity contribution in [3.63, 3.8) is 0 Å². The topological polar surface area (TPSA) is 126 Å². The third-order valence-electron chi connectivity index (χ3n) is 4.85. The van der Waals surface area contributed by atoms with Crippen molar-refractivity contribution in [2.45, 2.75) is 31.6 Å². The Morgan fingerprint density at radius 2 is 1.96 bits per heavy atom. The SMILES string of the molecule is Cc1ccc(C=Cc2c(Cl)nc(N)[nH+]c2NC2CC(CO)C(O)C2O)cc1. The summed E-state index contributed by atoms with van der Waals surface area (Å²) < 4.78 is 0. The minimum Gasteiger partial charge on any atom is -0.396 e. The van der Waals surface area contributed by atoms with Gasteiger partial charge >= 0.3 is 5.95 Å². The quantitative estimate of drug-likeness (QED) is 0.486. The Hall–Kier alpha value is -2.19. The Morgan fingerprint density at radius 1 is 1.26 bits per heavy atom. The molecule has 8 heteroatoms. The van der Waals surface area contributed by atoms with Crippen molar-refractivity contribution >= 4 is 35.5 Å². The molecule has 0 bridgehead atoms. The maximum Gasteiger partial charge on any atom is 0.343 e. The van der Waals surface area contributed by atoms with Crippen molar-refractivity contribution in [2.24, 2.45) is 5.92 Å². The van der Waals surface area contributed by atoms with Gasteiger partial charge in [0.25, 0.3) is 0 Å². The summed E-state index contributed by atoms with van der Waals surface area (Å²) in [5.41, 5.74) is 8.52. The zero-order valence-electron chi connectivity index (χ0n) is 14.9. The molecule has 4 atom stereocenters. The number of nitrogens with zero attached hydrogens (tertiary/aromatic N) is 1. The fraction of sp³-hybridized carbons (Fsp3) is 0.368. The van der Waals surface area contributed by atoms with Gasteiger partial charge in [-0.25, -0.2) is 4.98 Å². The number of anilines is 2. The first-order valence-electron chi connectivity index (χ1n) is 8.75. The molecule has 7 nitrogen and oxygen atoms in total. The molecule has 27 heavy (non-hydrogen) atoms. The number of nitrogens with two attached hydrogens (primary N) is 1. The number of nitrogens with one attached hydrogen (secondary N) is 2. The molecule has 1 aliphatic carbocycles. The van der Waals surface area contributed by atoms with Gasteiger partial charge in [0.2, 0.25) is 11.0 Å². The fourth-order valence-corrected chi connectivity index (χ4v) is 3.50. The second-order valence-corrected chi connectivity index (χ2v) is 7.21. The van der Waals surface area contributed by atoms with E-state index in [1.165, 1.54) is 5.56 Å². The molecule has 3 rings (SSSR count). The van der Waals surface area contributed by atoms with E-state index in [2.05, 4.69) is 15.3 Å². The van der Waals surface area contributed by atoms with Gasteiger partial charge in [-0.2, -0.15) is 0 Å². The monoisotopic (exact) mass is 391 g/mol. The fourth-order valence-electron chi connectivity index (χ4n) is 3.25. The molecule has 0 aliphatic heterocycles. The van der Waals surface area contributed by atoms with Gasteiger partial charge in [-0.05, 0) is 36.6 Å². The van der Waals surface area contributed by atoms with Gasteiger partial charge in [-0.1, -0.05) is 40.9 Å². The normalized spacial score (nSPS) is 25.2. The Bertz CT molecular complexity index is 828. The lowest BCUT2D eigenvalue weighted by molar-refractivity contribution is -0.348. The van der Waals surface area contributed by atoms with Crippen LogP contribution in [0.1, 0.15) is 23.1 Å². The van der Waals surface area contributed by atoms with Crippen molar-refractivity contribution in [3.8, 4) is 0 Å². The summed E-state index contributed by atoms with van der Waals surface area (Å²) >= 11 is 6.28. The number of aromatic nitrogens is 2. The van der Waals surface area contributed by atoms with Crippen LogP contribution in [-0.2, 0) is 0 Å². The molecule has 0 saturated heterocycles. The summed E-state index contributed by atoms with van der Waals surface area (Å²) in [4.78, 5) is 6.97. The van der Waals surface area contributed by atoms with Gasteiger partial charge in [0.15, 0.2) is 0 Å². The molecule has 0 spiro atoms. The highest BCUT2D eigenvalue weighted by atomic mass is 35.5. The summed E-state index contributed by atoms with van der Waals surface area (Å²) in [6, 6.07) is 7.55. The van der Waals surface area contributed by atoms with Crippen LogP contribution >= 0.6 is 11.6 Å². The van der Waals surface area contributed by atoms with Crippen LogP contribution in [0, 0.1) is 12.8 Å². The Labute approximate surface area is 162 Å². The number of aliphatic hydroxyl groups is 3. The van der Waals surface area contributed by atoms with Crippen molar-refractivity contribution in [1.82, 2.24) is 4.98 Å². The van der Waals surface area contributed by atoms with Gasteiger partial charge in [0, 0.05) is 12.5 Å². The van der Waals surface area contributed by atoms with Crippen molar-refractivity contribution in [3.05, 3.63) is 46.1 Å². The Kier molecular flexibility index (Phi) is 5.96. The zero-order chi connectivity index (χ0) is 19.6. The van der Waals surface area contributed by atoms with Crippen LogP contribution in [0.2, 0.25) is 5.15 Å². The minimum atomic E-state index is -1.02. The third-order valence-corrected chi connectivity index (χ3v) is 5.14. The lowest BCUT2D eigenvalue weighted by atomic mass is 10.1. The van der Waals surface area contributed by atoms with Crippen LogP contribution < -0.4 is 16.0 Å². The second kappa shape index (κ2) is 8.22. The van der Waals surface area contributed by atoms with E-state index in [-0.39, 0.29) is 17.7 Å². The van der Waals surface area contributed by atoms with E-state index in [0.717, 1.165) is 5.56 Å². The van der Waals surface area contributed by atoms with Gasteiger partial charge in [-0.3, -0.25) is 0 Å². The molecule has 0 amide bonds. The first-order valence-corrected chi connectivity index (χ1v) is 9.13. The second-order valence-electron chi connectivity index (χ2n) is 6.86. The van der Waals surface area contributed by atoms with Gasteiger partial charge in [-0.15, -0.1) is 0 Å². The van der Waals surface area contributed by atoms with E-state index in [1.54, 1.807) is 6.08 Å². The van der Waals surface area contributed by atoms with Crippen LogP contribution in [0.5, 0.6) is 0 Å². The highest BCUT2D eigenvalue weighted by Gasteiger charge is 2.42. The van der Waals surface area contributed by atoms with Crippen LogP contribution in [-0.4, -0.2) is 45.2 Å². The molecule has 144 valence electrons. The number of hydrogen-bond acceptors (Lipinski definition) is 6. The van der Waals surface area contributed by atoms with Gasteiger partial charge in [0.1, 0.15) is 6.10 Å². The lowest BCUT2D eigenvalue weighted by Gasteiger charge is -2.17. The zero-order valence-corrected chi connectivity index (χ0v) is 15.7. The van der Waals surface area contributed by atoms with E-state index in [0.29, 0.717) is 17.8 Å². The van der Waals surface area contributed by atoms with Crippen molar-refractivity contribution < 1.29 is 20.3 Å². The number of benzene rings is 1. The highest BCUT2D eigenvalue weighted by Crippen LogP contribution is 2.30. The molecule has 2 aromatic rings. The maximum absolute atomic E-state index is 10.2. The highest BCUT2D eigenvalue weighted by molar-refractivity contribution is 6.31. The average molecular weight is 392 g/mol. The van der Waals surface area contributed by atoms with Crippen LogP contribution in [0.25, 0.3) is 12.2 Å².